The van der Waals surface area contributed by atoms with Crippen molar-refractivity contribution in [3.05, 3.63) is 69.0 Å². The second-order valence-corrected chi connectivity index (χ2v) is 8.02. The molecule has 0 bridgehead atoms. The van der Waals surface area contributed by atoms with Crippen LogP contribution in [-0.4, -0.2) is 0 Å². The number of alkyl halides is 4. The van der Waals surface area contributed by atoms with E-state index in [4.69, 9.17) is 0 Å². The summed E-state index contributed by atoms with van der Waals surface area (Å²) in [7, 11) is 0. The maximum Gasteiger partial charge on any atom is 0.279 e. The van der Waals surface area contributed by atoms with Crippen LogP contribution in [0.4, 0.5) is 30.7 Å². The highest BCUT2D eigenvalue weighted by Crippen LogP contribution is 2.48. The van der Waals surface area contributed by atoms with Gasteiger partial charge in [0.15, 0.2) is 0 Å². The normalized spacial score (nSPS) is 23.3. The van der Waals surface area contributed by atoms with Crippen LogP contribution in [0.15, 0.2) is 18.2 Å². The van der Waals surface area contributed by atoms with Gasteiger partial charge in [-0.15, -0.1) is 0 Å². The molecular formula is C22H21F7. The molecule has 0 heterocycles. The largest absolute Gasteiger partial charge is 0.279 e. The lowest BCUT2D eigenvalue weighted by Gasteiger charge is -2.16. The summed E-state index contributed by atoms with van der Waals surface area (Å²) < 4.78 is 94.3. The molecule has 29 heavy (non-hydrogen) atoms. The molecule has 0 aromatic heterocycles. The quantitative estimate of drug-likeness (QED) is 0.405. The van der Waals surface area contributed by atoms with Gasteiger partial charge in [0, 0.05) is 17.4 Å². The standard InChI is InChI=1S/C11H10F4.C11H11F3/c1-5-3-7-4-8(12)6(2)10(13)9(7)11(5,14)15;1-6-3-4-8-5-7(2)11(13,14)9(8)10(6)12/h4-5H,3H2,1-2H3;3-4,7H,5H2,1-2H3. The van der Waals surface area contributed by atoms with E-state index in [2.05, 4.69) is 0 Å². The summed E-state index contributed by atoms with van der Waals surface area (Å²) in [6.07, 6.45) is 0.288. The number of hydrogen-bond donors (Lipinski definition) is 0. The smallest absolute Gasteiger partial charge is 0.207 e. The van der Waals surface area contributed by atoms with Crippen molar-refractivity contribution in [2.75, 3.05) is 0 Å². The second-order valence-electron chi connectivity index (χ2n) is 8.02. The molecule has 2 aromatic carbocycles. The van der Waals surface area contributed by atoms with Gasteiger partial charge < -0.3 is 0 Å². The van der Waals surface area contributed by atoms with Crippen LogP contribution in [0.1, 0.15) is 47.2 Å². The lowest BCUT2D eigenvalue weighted by Crippen LogP contribution is -2.19. The molecule has 0 N–H and O–H groups in total. The summed E-state index contributed by atoms with van der Waals surface area (Å²) in [5.41, 5.74) is -0.502. The summed E-state index contributed by atoms with van der Waals surface area (Å²) in [4.78, 5) is 0. The Bertz CT molecular complexity index is 962. The summed E-state index contributed by atoms with van der Waals surface area (Å²) in [5.74, 6) is -10.5. The van der Waals surface area contributed by atoms with E-state index in [1.165, 1.54) is 27.7 Å². The molecule has 0 saturated carbocycles. The average molecular weight is 418 g/mol. The first-order chi connectivity index (χ1) is 13.3. The van der Waals surface area contributed by atoms with Crippen LogP contribution in [0, 0.1) is 43.1 Å². The fourth-order valence-corrected chi connectivity index (χ4v) is 3.95. The topological polar surface area (TPSA) is 0 Å². The third-order valence-electron chi connectivity index (χ3n) is 5.91. The van der Waals surface area contributed by atoms with Gasteiger partial charge in [-0.05, 0) is 49.4 Å². The molecule has 0 spiro atoms. The Morgan fingerprint density at radius 1 is 0.759 bits per heavy atom. The van der Waals surface area contributed by atoms with Crippen molar-refractivity contribution in [1.29, 1.82) is 0 Å². The second kappa shape index (κ2) is 7.03. The van der Waals surface area contributed by atoms with Crippen LogP contribution in [0.3, 0.4) is 0 Å². The van der Waals surface area contributed by atoms with Crippen LogP contribution < -0.4 is 0 Å². The summed E-state index contributed by atoms with van der Waals surface area (Å²) in [6, 6.07) is 4.18. The first kappa shape index (κ1) is 21.7. The molecule has 2 aliphatic rings. The molecule has 0 saturated heterocycles. The van der Waals surface area contributed by atoms with E-state index in [1.807, 2.05) is 0 Å². The third kappa shape index (κ3) is 3.32. The highest BCUT2D eigenvalue weighted by molar-refractivity contribution is 5.42. The molecule has 0 radical (unpaired) electrons. The SMILES string of the molecule is Cc1c(F)cc2c(c1F)C(F)(F)C(C)C2.Cc1ccc2c(c1F)C(F)(F)C(C)C2. The summed E-state index contributed by atoms with van der Waals surface area (Å²) in [5, 5.41) is 0. The number of aryl methyl sites for hydroxylation is 1. The number of fused-ring (bicyclic) bond motifs is 2. The minimum absolute atomic E-state index is 0.0243. The zero-order chi connectivity index (χ0) is 21.9. The Labute approximate surface area is 164 Å². The van der Waals surface area contributed by atoms with Gasteiger partial charge in [-0.2, -0.15) is 0 Å². The van der Waals surface area contributed by atoms with Crippen molar-refractivity contribution in [3.63, 3.8) is 0 Å². The predicted molar refractivity (Wildman–Crippen MR) is 95.8 cm³/mol. The zero-order valence-corrected chi connectivity index (χ0v) is 16.4. The van der Waals surface area contributed by atoms with E-state index in [-0.39, 0.29) is 35.1 Å². The van der Waals surface area contributed by atoms with Gasteiger partial charge in [0.2, 0.25) is 0 Å². The Morgan fingerprint density at radius 3 is 1.79 bits per heavy atom. The minimum atomic E-state index is -3.18. The van der Waals surface area contributed by atoms with Crippen LogP contribution in [0.2, 0.25) is 0 Å². The number of rotatable bonds is 0. The zero-order valence-electron chi connectivity index (χ0n) is 16.4. The molecule has 2 aromatic rings. The Balaban J connectivity index is 0.000000166. The lowest BCUT2D eigenvalue weighted by molar-refractivity contribution is -0.0482. The number of halogens is 7. The van der Waals surface area contributed by atoms with Gasteiger partial charge in [0.05, 0.1) is 11.1 Å². The molecule has 0 fully saturated rings. The summed E-state index contributed by atoms with van der Waals surface area (Å²) >= 11 is 0. The van der Waals surface area contributed by atoms with E-state index < -0.39 is 46.7 Å². The fourth-order valence-electron chi connectivity index (χ4n) is 3.95. The molecular weight excluding hydrogens is 397 g/mol. The minimum Gasteiger partial charge on any atom is -0.207 e. The highest BCUT2D eigenvalue weighted by Gasteiger charge is 2.49. The maximum absolute atomic E-state index is 13.5. The van der Waals surface area contributed by atoms with Gasteiger partial charge in [-0.1, -0.05) is 26.0 Å². The van der Waals surface area contributed by atoms with Gasteiger partial charge in [0.1, 0.15) is 17.5 Å². The van der Waals surface area contributed by atoms with E-state index >= 15 is 0 Å². The van der Waals surface area contributed by atoms with Gasteiger partial charge >= 0.3 is 0 Å². The Morgan fingerprint density at radius 2 is 1.24 bits per heavy atom. The first-order valence-corrected chi connectivity index (χ1v) is 9.32. The molecule has 0 nitrogen and oxygen atoms in total. The number of hydrogen-bond acceptors (Lipinski definition) is 0. The fraction of sp³-hybridized carbons (Fsp3) is 0.455. The van der Waals surface area contributed by atoms with Gasteiger partial charge in [0.25, 0.3) is 11.8 Å². The average Bonchev–Trinajstić information content (AvgIpc) is 2.99. The molecule has 2 atom stereocenters. The van der Waals surface area contributed by atoms with Crippen molar-refractivity contribution in [2.45, 2.75) is 52.4 Å². The van der Waals surface area contributed by atoms with Crippen LogP contribution in [0.25, 0.3) is 0 Å². The van der Waals surface area contributed by atoms with E-state index in [1.54, 1.807) is 12.1 Å². The molecule has 7 heteroatoms. The molecule has 4 rings (SSSR count). The maximum atomic E-state index is 13.5. The van der Waals surface area contributed by atoms with E-state index in [9.17, 15) is 30.7 Å². The lowest BCUT2D eigenvalue weighted by atomic mass is 10.0. The monoisotopic (exact) mass is 418 g/mol. The van der Waals surface area contributed by atoms with Crippen LogP contribution >= 0.6 is 0 Å². The van der Waals surface area contributed by atoms with Crippen molar-refractivity contribution in [1.82, 2.24) is 0 Å². The van der Waals surface area contributed by atoms with E-state index in [0.29, 0.717) is 5.56 Å². The van der Waals surface area contributed by atoms with Crippen LogP contribution in [-0.2, 0) is 24.7 Å². The molecule has 0 aliphatic heterocycles. The van der Waals surface area contributed by atoms with Crippen molar-refractivity contribution in [3.8, 4) is 0 Å². The Kier molecular flexibility index (Phi) is 5.25. The van der Waals surface area contributed by atoms with Crippen molar-refractivity contribution in [2.24, 2.45) is 11.8 Å². The third-order valence-corrected chi connectivity index (χ3v) is 5.91. The number of benzene rings is 2. The summed E-state index contributed by atoms with van der Waals surface area (Å²) in [6.45, 7) is 5.47. The molecule has 2 unspecified atom stereocenters. The van der Waals surface area contributed by atoms with E-state index in [0.717, 1.165) is 6.07 Å². The highest BCUT2D eigenvalue weighted by atomic mass is 19.3. The molecule has 0 amide bonds. The Hall–Kier alpha value is -2.05. The predicted octanol–water partition coefficient (Wildman–Crippen LogP) is 6.98. The van der Waals surface area contributed by atoms with Gasteiger partial charge in [-0.3, -0.25) is 0 Å². The molecule has 2 aliphatic carbocycles. The molecule has 158 valence electrons. The van der Waals surface area contributed by atoms with Gasteiger partial charge in [-0.25, -0.2) is 30.7 Å². The van der Waals surface area contributed by atoms with Crippen molar-refractivity contribution < 1.29 is 30.7 Å². The van der Waals surface area contributed by atoms with Crippen molar-refractivity contribution >= 4 is 0 Å². The first-order valence-electron chi connectivity index (χ1n) is 9.32. The van der Waals surface area contributed by atoms with Crippen LogP contribution in [0.5, 0.6) is 0 Å².